The van der Waals surface area contributed by atoms with E-state index in [1.165, 1.54) is 20.1 Å². The van der Waals surface area contributed by atoms with Crippen LogP contribution in [0.15, 0.2) is 23.0 Å². The molecule has 1 aliphatic rings. The zero-order chi connectivity index (χ0) is 24.0. The maximum Gasteiger partial charge on any atom is 0.417 e. The maximum absolute atomic E-state index is 14.4. The Morgan fingerprint density at radius 3 is 2.41 bits per heavy atom. The first kappa shape index (κ1) is 24.2. The minimum atomic E-state index is -4.77. The number of hydrogen-bond acceptors (Lipinski definition) is 4. The smallest absolute Gasteiger partial charge is 0.417 e. The molecular formula is C22H24F5NO4. The van der Waals surface area contributed by atoms with Gasteiger partial charge < -0.3 is 19.2 Å². The largest absolute Gasteiger partial charge is 0.493 e. The average Bonchev–Trinajstić information content (AvgIpc) is 2.99. The lowest BCUT2D eigenvalue weighted by Gasteiger charge is -2.32. The molecule has 0 amide bonds. The summed E-state index contributed by atoms with van der Waals surface area (Å²) in [4.78, 5) is 15.5. The fourth-order valence-electron chi connectivity index (χ4n) is 4.30. The van der Waals surface area contributed by atoms with E-state index in [9.17, 15) is 26.7 Å². The quantitative estimate of drug-likeness (QED) is 0.642. The third-order valence-electron chi connectivity index (χ3n) is 6.28. The predicted molar refractivity (Wildman–Crippen MR) is 106 cm³/mol. The number of rotatable bonds is 5. The van der Waals surface area contributed by atoms with Gasteiger partial charge >= 0.3 is 6.18 Å². The molecule has 0 bridgehead atoms. The van der Waals surface area contributed by atoms with Crippen molar-refractivity contribution in [2.24, 2.45) is 5.92 Å². The first-order valence-corrected chi connectivity index (χ1v) is 9.85. The van der Waals surface area contributed by atoms with Gasteiger partial charge in [0.05, 0.1) is 13.7 Å². The molecule has 3 rings (SSSR count). The van der Waals surface area contributed by atoms with Crippen LogP contribution in [-0.4, -0.2) is 31.0 Å². The lowest BCUT2D eigenvalue weighted by atomic mass is 9.76. The standard InChI is InChI=1S/C22H24F5NO4/c1-10-17(12-6-7-14(23)18(24)19(12)31-5)20(32-21(10,3)22(25,26)27)15-8-16(29)13(9-30-4)11(2)28-15/h6-8,10,17,20H,9H2,1-5H3,(H,28,29)/t10-,17-,20-,21+/m0/s1. The summed E-state index contributed by atoms with van der Waals surface area (Å²) in [5, 5.41) is 0. The van der Waals surface area contributed by atoms with E-state index < -0.39 is 52.5 Å². The number of nitrogens with one attached hydrogen (secondary N) is 1. The Bertz CT molecular complexity index is 1070. The van der Waals surface area contributed by atoms with Crippen LogP contribution in [0.4, 0.5) is 22.0 Å². The SMILES string of the molecule is COCc1c(C)[nH]c([C@@H]2O[C@@](C)(C(F)(F)F)[C@@H](C)[C@H]2c2ccc(F)c(F)c2OC)cc1=O. The van der Waals surface area contributed by atoms with E-state index in [1.54, 1.807) is 6.92 Å². The Hall–Kier alpha value is -2.46. The van der Waals surface area contributed by atoms with Crippen LogP contribution in [0.25, 0.3) is 0 Å². The molecule has 0 radical (unpaired) electrons. The Labute approximate surface area is 181 Å². The normalized spacial score (nSPS) is 25.9. The molecule has 1 saturated heterocycles. The Kier molecular flexibility index (Phi) is 6.41. The van der Waals surface area contributed by atoms with Gasteiger partial charge in [-0.05, 0) is 19.9 Å². The molecule has 4 atom stereocenters. The molecule has 2 heterocycles. The molecule has 176 valence electrons. The van der Waals surface area contributed by atoms with Crippen molar-refractivity contribution in [3.63, 3.8) is 0 Å². The van der Waals surface area contributed by atoms with E-state index in [0.717, 1.165) is 26.2 Å². The number of methoxy groups -OCH3 is 2. The zero-order valence-corrected chi connectivity index (χ0v) is 18.2. The summed E-state index contributed by atoms with van der Waals surface area (Å²) in [6.07, 6.45) is -6.07. The highest BCUT2D eigenvalue weighted by Gasteiger charge is 2.65. The summed E-state index contributed by atoms with van der Waals surface area (Å²) in [5.74, 6) is -5.34. The van der Waals surface area contributed by atoms with Crippen molar-refractivity contribution in [3.05, 3.63) is 62.6 Å². The molecule has 2 aromatic rings. The number of H-pyrrole nitrogens is 1. The molecular weight excluding hydrogens is 437 g/mol. The topological polar surface area (TPSA) is 60.6 Å². The Morgan fingerprint density at radius 2 is 1.88 bits per heavy atom. The lowest BCUT2D eigenvalue weighted by molar-refractivity contribution is -0.275. The fraction of sp³-hybridized carbons (Fsp3) is 0.500. The molecule has 0 spiro atoms. The molecule has 32 heavy (non-hydrogen) atoms. The van der Waals surface area contributed by atoms with Crippen LogP contribution in [0, 0.1) is 24.5 Å². The van der Waals surface area contributed by atoms with E-state index in [0.29, 0.717) is 11.3 Å². The van der Waals surface area contributed by atoms with Crippen LogP contribution in [0.3, 0.4) is 0 Å². The molecule has 1 N–H and O–H groups in total. The first-order chi connectivity index (χ1) is 14.9. The number of aryl methyl sites for hydroxylation is 1. The number of benzene rings is 1. The molecule has 1 aliphatic heterocycles. The van der Waals surface area contributed by atoms with Gasteiger partial charge in [0.2, 0.25) is 5.82 Å². The van der Waals surface area contributed by atoms with Crippen LogP contribution in [-0.2, 0) is 16.1 Å². The minimum absolute atomic E-state index is 0.0105. The maximum atomic E-state index is 14.4. The van der Waals surface area contributed by atoms with Crippen LogP contribution in [0.2, 0.25) is 0 Å². The van der Waals surface area contributed by atoms with Gasteiger partial charge in [-0.1, -0.05) is 13.0 Å². The number of hydrogen-bond donors (Lipinski definition) is 1. The van der Waals surface area contributed by atoms with Gasteiger partial charge in [0, 0.05) is 47.5 Å². The summed E-state index contributed by atoms with van der Waals surface area (Å²) >= 11 is 0. The van der Waals surface area contributed by atoms with E-state index in [-0.39, 0.29) is 17.9 Å². The van der Waals surface area contributed by atoms with Gasteiger partial charge in [0.1, 0.15) is 6.10 Å². The van der Waals surface area contributed by atoms with Crippen LogP contribution >= 0.6 is 0 Å². The summed E-state index contributed by atoms with van der Waals surface area (Å²) in [6.45, 7) is 3.84. The molecule has 0 aliphatic carbocycles. The second-order valence-corrected chi connectivity index (χ2v) is 8.07. The molecule has 10 heteroatoms. The molecule has 1 aromatic carbocycles. The molecule has 0 unspecified atom stereocenters. The number of halogens is 5. The summed E-state index contributed by atoms with van der Waals surface area (Å²) in [7, 11) is 2.51. The highest BCUT2D eigenvalue weighted by Crippen LogP contribution is 2.59. The van der Waals surface area contributed by atoms with Crippen molar-refractivity contribution in [1.29, 1.82) is 0 Å². The number of ether oxygens (including phenoxy) is 3. The van der Waals surface area contributed by atoms with Crippen molar-refractivity contribution in [3.8, 4) is 5.75 Å². The van der Waals surface area contributed by atoms with Crippen molar-refractivity contribution in [1.82, 2.24) is 4.98 Å². The van der Waals surface area contributed by atoms with Crippen molar-refractivity contribution in [2.45, 2.75) is 51.2 Å². The van der Waals surface area contributed by atoms with Gasteiger partial charge in [-0.15, -0.1) is 0 Å². The number of aromatic nitrogens is 1. The second kappa shape index (κ2) is 8.47. The fourth-order valence-corrected chi connectivity index (χ4v) is 4.30. The van der Waals surface area contributed by atoms with Crippen LogP contribution < -0.4 is 10.2 Å². The predicted octanol–water partition coefficient (Wildman–Crippen LogP) is 4.93. The summed E-state index contributed by atoms with van der Waals surface area (Å²) in [6, 6.07) is 3.16. The van der Waals surface area contributed by atoms with Gasteiger partial charge in [-0.2, -0.15) is 17.6 Å². The molecule has 5 nitrogen and oxygen atoms in total. The van der Waals surface area contributed by atoms with E-state index >= 15 is 0 Å². The molecule has 1 aromatic heterocycles. The van der Waals surface area contributed by atoms with Crippen LogP contribution in [0.5, 0.6) is 5.75 Å². The summed E-state index contributed by atoms with van der Waals surface area (Å²) < 4.78 is 85.9. The number of pyridine rings is 1. The van der Waals surface area contributed by atoms with E-state index in [2.05, 4.69) is 4.98 Å². The van der Waals surface area contributed by atoms with Gasteiger partial charge in [-0.25, -0.2) is 4.39 Å². The average molecular weight is 461 g/mol. The van der Waals surface area contributed by atoms with Gasteiger partial charge in [-0.3, -0.25) is 4.79 Å². The molecule has 0 saturated carbocycles. The monoisotopic (exact) mass is 461 g/mol. The second-order valence-electron chi connectivity index (χ2n) is 8.07. The Morgan fingerprint density at radius 1 is 1.22 bits per heavy atom. The zero-order valence-electron chi connectivity index (χ0n) is 18.2. The van der Waals surface area contributed by atoms with Crippen molar-refractivity contribution >= 4 is 0 Å². The number of alkyl halides is 3. The van der Waals surface area contributed by atoms with E-state index in [4.69, 9.17) is 14.2 Å². The third-order valence-corrected chi connectivity index (χ3v) is 6.28. The van der Waals surface area contributed by atoms with E-state index in [1.807, 2.05) is 0 Å². The number of aromatic amines is 1. The first-order valence-electron chi connectivity index (χ1n) is 9.85. The third kappa shape index (κ3) is 3.79. The van der Waals surface area contributed by atoms with Crippen molar-refractivity contribution in [2.75, 3.05) is 14.2 Å². The Balaban J connectivity index is 2.24. The minimum Gasteiger partial charge on any atom is -0.493 e. The summed E-state index contributed by atoms with van der Waals surface area (Å²) in [5.41, 5.74) is -2.23. The highest BCUT2D eigenvalue weighted by molar-refractivity contribution is 5.42. The highest BCUT2D eigenvalue weighted by atomic mass is 19.4. The molecule has 1 fully saturated rings. The van der Waals surface area contributed by atoms with Gasteiger partial charge in [0.15, 0.2) is 22.6 Å². The van der Waals surface area contributed by atoms with Crippen LogP contribution in [0.1, 0.15) is 48.4 Å². The van der Waals surface area contributed by atoms with Crippen molar-refractivity contribution < 1.29 is 36.2 Å². The van der Waals surface area contributed by atoms with Gasteiger partial charge in [0.25, 0.3) is 0 Å². The lowest BCUT2D eigenvalue weighted by Crippen LogP contribution is -2.46.